The molecule has 0 fully saturated rings. The third-order valence-corrected chi connectivity index (χ3v) is 3.05. The fourth-order valence-corrected chi connectivity index (χ4v) is 2.19. The molecule has 0 bridgehead atoms. The van der Waals surface area contributed by atoms with Crippen LogP contribution in [0.5, 0.6) is 5.75 Å². The van der Waals surface area contributed by atoms with Gasteiger partial charge in [-0.3, -0.25) is 4.79 Å². The Kier molecular flexibility index (Phi) is 4.08. The Morgan fingerprint density at radius 1 is 1.10 bits per heavy atom. The Morgan fingerprint density at radius 3 is 2.30 bits per heavy atom. The van der Waals surface area contributed by atoms with E-state index in [4.69, 9.17) is 10.5 Å². The van der Waals surface area contributed by atoms with Crippen molar-refractivity contribution in [2.45, 2.75) is 26.9 Å². The van der Waals surface area contributed by atoms with Gasteiger partial charge in [0.25, 0.3) is 5.91 Å². The van der Waals surface area contributed by atoms with E-state index >= 15 is 0 Å². The average Bonchev–Trinajstić information content (AvgIpc) is 2.39. The summed E-state index contributed by atoms with van der Waals surface area (Å²) < 4.78 is 5.87. The summed E-state index contributed by atoms with van der Waals surface area (Å²) in [5, 5.41) is 0. The quantitative estimate of drug-likeness (QED) is 0.922. The maximum atomic E-state index is 11.7. The van der Waals surface area contributed by atoms with Gasteiger partial charge in [-0.25, -0.2) is 0 Å². The molecule has 20 heavy (non-hydrogen) atoms. The van der Waals surface area contributed by atoms with Gasteiger partial charge in [-0.2, -0.15) is 0 Å². The van der Waals surface area contributed by atoms with E-state index in [-0.39, 0.29) is 6.10 Å². The lowest BCUT2D eigenvalue weighted by molar-refractivity contribution is 0.0994. The lowest BCUT2D eigenvalue weighted by Crippen LogP contribution is -2.17. The molecule has 0 aliphatic rings. The number of amides is 1. The SMILES string of the molecule is Cc1ccc(-c2ccccc2)c(OC(C)C)c1C(N)=O. The first-order valence-electron chi connectivity index (χ1n) is 6.66. The van der Waals surface area contributed by atoms with E-state index in [0.717, 1.165) is 16.7 Å². The van der Waals surface area contributed by atoms with E-state index < -0.39 is 5.91 Å². The lowest BCUT2D eigenvalue weighted by Gasteiger charge is -2.18. The van der Waals surface area contributed by atoms with Crippen LogP contribution in [0, 0.1) is 6.92 Å². The molecule has 0 saturated heterocycles. The number of primary amides is 1. The number of hydrogen-bond donors (Lipinski definition) is 1. The fourth-order valence-electron chi connectivity index (χ4n) is 2.19. The largest absolute Gasteiger partial charge is 0.490 e. The van der Waals surface area contributed by atoms with Gasteiger partial charge in [0.1, 0.15) is 5.75 Å². The summed E-state index contributed by atoms with van der Waals surface area (Å²) in [5.74, 6) is 0.106. The molecule has 0 aliphatic heterocycles. The molecule has 2 aromatic rings. The molecule has 0 spiro atoms. The van der Waals surface area contributed by atoms with Crippen LogP contribution in [-0.4, -0.2) is 12.0 Å². The number of carbonyl (C=O) groups is 1. The highest BCUT2D eigenvalue weighted by Crippen LogP contribution is 2.35. The molecule has 2 N–H and O–H groups in total. The minimum atomic E-state index is -0.462. The number of aryl methyl sites for hydroxylation is 1. The van der Waals surface area contributed by atoms with Gasteiger partial charge in [0.2, 0.25) is 0 Å². The number of carbonyl (C=O) groups excluding carboxylic acids is 1. The molecule has 3 nitrogen and oxygen atoms in total. The first-order chi connectivity index (χ1) is 9.50. The lowest BCUT2D eigenvalue weighted by atomic mass is 9.97. The molecule has 104 valence electrons. The molecule has 0 unspecified atom stereocenters. The summed E-state index contributed by atoms with van der Waals surface area (Å²) in [4.78, 5) is 11.7. The zero-order valence-corrected chi connectivity index (χ0v) is 12.0. The highest BCUT2D eigenvalue weighted by Gasteiger charge is 2.19. The van der Waals surface area contributed by atoms with Crippen molar-refractivity contribution in [1.82, 2.24) is 0 Å². The molecule has 0 aliphatic carbocycles. The molecule has 2 aromatic carbocycles. The Bertz CT molecular complexity index is 618. The Labute approximate surface area is 119 Å². The molecule has 2 rings (SSSR count). The van der Waals surface area contributed by atoms with Gasteiger partial charge in [-0.15, -0.1) is 0 Å². The van der Waals surface area contributed by atoms with Crippen molar-refractivity contribution in [1.29, 1.82) is 0 Å². The number of benzene rings is 2. The van der Waals surface area contributed by atoms with Gasteiger partial charge in [-0.1, -0.05) is 42.5 Å². The molecular formula is C17H19NO2. The van der Waals surface area contributed by atoms with Crippen LogP contribution < -0.4 is 10.5 Å². The van der Waals surface area contributed by atoms with Gasteiger partial charge < -0.3 is 10.5 Å². The molecule has 3 heteroatoms. The molecule has 0 aromatic heterocycles. The Balaban J connectivity index is 2.68. The molecule has 0 radical (unpaired) electrons. The molecular weight excluding hydrogens is 250 g/mol. The van der Waals surface area contributed by atoms with Crippen molar-refractivity contribution in [3.8, 4) is 16.9 Å². The van der Waals surface area contributed by atoms with Crippen LogP contribution in [0.3, 0.4) is 0 Å². The predicted octanol–water partition coefficient (Wildman–Crippen LogP) is 3.55. The number of ether oxygens (including phenoxy) is 1. The van der Waals surface area contributed by atoms with Crippen molar-refractivity contribution in [2.75, 3.05) is 0 Å². The van der Waals surface area contributed by atoms with E-state index in [2.05, 4.69) is 0 Å². The number of nitrogens with two attached hydrogens (primary N) is 1. The van der Waals surface area contributed by atoms with E-state index in [0.29, 0.717) is 11.3 Å². The zero-order valence-electron chi connectivity index (χ0n) is 12.0. The van der Waals surface area contributed by atoms with Crippen LogP contribution in [0.15, 0.2) is 42.5 Å². The maximum absolute atomic E-state index is 11.7. The Hall–Kier alpha value is -2.29. The minimum Gasteiger partial charge on any atom is -0.490 e. The summed E-state index contributed by atoms with van der Waals surface area (Å²) in [5.41, 5.74) is 8.70. The summed E-state index contributed by atoms with van der Waals surface area (Å²) >= 11 is 0. The van der Waals surface area contributed by atoms with Gasteiger partial charge in [-0.05, 0) is 31.9 Å². The monoisotopic (exact) mass is 269 g/mol. The summed E-state index contributed by atoms with van der Waals surface area (Å²) in [6, 6.07) is 13.7. The van der Waals surface area contributed by atoms with Gasteiger partial charge in [0.05, 0.1) is 11.7 Å². The standard InChI is InChI=1S/C17H19NO2/c1-11(2)20-16-14(13-7-5-4-6-8-13)10-9-12(3)15(16)17(18)19/h4-11H,1-3H3,(H2,18,19). The van der Waals surface area contributed by atoms with Crippen molar-refractivity contribution in [3.63, 3.8) is 0 Å². The second-order valence-electron chi connectivity index (χ2n) is 5.03. The topological polar surface area (TPSA) is 52.3 Å². The maximum Gasteiger partial charge on any atom is 0.252 e. The second kappa shape index (κ2) is 5.78. The van der Waals surface area contributed by atoms with Crippen molar-refractivity contribution >= 4 is 5.91 Å². The highest BCUT2D eigenvalue weighted by atomic mass is 16.5. The predicted molar refractivity (Wildman–Crippen MR) is 80.9 cm³/mol. The first kappa shape index (κ1) is 14.1. The van der Waals surface area contributed by atoms with E-state index in [1.807, 2.05) is 63.2 Å². The molecule has 0 heterocycles. The second-order valence-corrected chi connectivity index (χ2v) is 5.03. The third-order valence-electron chi connectivity index (χ3n) is 3.05. The zero-order chi connectivity index (χ0) is 14.7. The van der Waals surface area contributed by atoms with Crippen LogP contribution in [0.1, 0.15) is 29.8 Å². The third kappa shape index (κ3) is 2.82. The number of rotatable bonds is 4. The van der Waals surface area contributed by atoms with Crippen molar-refractivity contribution in [2.24, 2.45) is 5.73 Å². The van der Waals surface area contributed by atoms with Crippen LogP contribution in [0.4, 0.5) is 0 Å². The van der Waals surface area contributed by atoms with Crippen LogP contribution >= 0.6 is 0 Å². The van der Waals surface area contributed by atoms with Gasteiger partial charge in [0.15, 0.2) is 0 Å². The van der Waals surface area contributed by atoms with Crippen molar-refractivity contribution in [3.05, 3.63) is 53.6 Å². The number of hydrogen-bond acceptors (Lipinski definition) is 2. The normalized spacial score (nSPS) is 10.6. The first-order valence-corrected chi connectivity index (χ1v) is 6.66. The summed E-state index contributed by atoms with van der Waals surface area (Å²) in [7, 11) is 0. The molecule has 1 amide bonds. The van der Waals surface area contributed by atoms with Gasteiger partial charge in [0, 0.05) is 5.56 Å². The highest BCUT2D eigenvalue weighted by molar-refractivity contribution is 5.99. The molecule has 0 atom stereocenters. The van der Waals surface area contributed by atoms with Crippen molar-refractivity contribution < 1.29 is 9.53 Å². The average molecular weight is 269 g/mol. The van der Waals surface area contributed by atoms with E-state index in [9.17, 15) is 4.79 Å². The van der Waals surface area contributed by atoms with Crippen LogP contribution in [0.2, 0.25) is 0 Å². The smallest absolute Gasteiger partial charge is 0.252 e. The minimum absolute atomic E-state index is 0.0302. The van der Waals surface area contributed by atoms with E-state index in [1.165, 1.54) is 0 Å². The Morgan fingerprint density at radius 2 is 1.75 bits per heavy atom. The van der Waals surface area contributed by atoms with Gasteiger partial charge >= 0.3 is 0 Å². The van der Waals surface area contributed by atoms with E-state index in [1.54, 1.807) is 0 Å². The molecule has 0 saturated carbocycles. The summed E-state index contributed by atoms with van der Waals surface area (Å²) in [6.07, 6.45) is -0.0302. The van der Waals surface area contributed by atoms with Crippen LogP contribution in [0.25, 0.3) is 11.1 Å². The summed E-state index contributed by atoms with van der Waals surface area (Å²) in [6.45, 7) is 5.73. The fraction of sp³-hybridized carbons (Fsp3) is 0.235. The van der Waals surface area contributed by atoms with Crippen LogP contribution in [-0.2, 0) is 0 Å².